The molecule has 1 amide bonds. The lowest BCUT2D eigenvalue weighted by atomic mass is 9.84. The number of carboxylic acids is 1. The summed E-state index contributed by atoms with van der Waals surface area (Å²) in [6.45, 7) is 6.79. The molecular weight excluding hydrogens is 232 g/mol. The van der Waals surface area contributed by atoms with Crippen LogP contribution in [0.5, 0.6) is 0 Å². The van der Waals surface area contributed by atoms with Gasteiger partial charge in [-0.25, -0.2) is 0 Å². The Kier molecular flexibility index (Phi) is 7.59. The highest BCUT2D eigenvalue weighted by atomic mass is 16.4. The van der Waals surface area contributed by atoms with E-state index >= 15 is 0 Å². The molecule has 0 fully saturated rings. The standard InChI is InChI=1S/C13H26N2O3/c1-4-10(12(17)18)9-15-11(16)5-6-13(2,3)7-8-14/h10H,4-9,14H2,1-3H3,(H,15,16)(H,17,18). The van der Waals surface area contributed by atoms with E-state index in [1.54, 1.807) is 6.92 Å². The molecule has 5 heteroatoms. The van der Waals surface area contributed by atoms with Gasteiger partial charge in [-0.15, -0.1) is 0 Å². The Balaban J connectivity index is 3.95. The molecule has 0 spiro atoms. The lowest BCUT2D eigenvalue weighted by molar-refractivity contribution is -0.141. The van der Waals surface area contributed by atoms with Crippen molar-refractivity contribution in [2.24, 2.45) is 17.1 Å². The predicted octanol–water partition coefficient (Wildman–Crippen LogP) is 1.37. The van der Waals surface area contributed by atoms with Crippen LogP contribution >= 0.6 is 0 Å². The molecule has 0 heterocycles. The Hall–Kier alpha value is -1.10. The minimum absolute atomic E-state index is 0.0586. The van der Waals surface area contributed by atoms with Gasteiger partial charge < -0.3 is 16.2 Å². The SMILES string of the molecule is CCC(CNC(=O)CCC(C)(C)CCN)C(=O)O. The number of hydrogen-bond acceptors (Lipinski definition) is 3. The second-order valence-electron chi connectivity index (χ2n) is 5.45. The van der Waals surface area contributed by atoms with Crippen LogP contribution in [-0.4, -0.2) is 30.1 Å². The Labute approximate surface area is 109 Å². The third-order valence-corrected chi connectivity index (χ3v) is 3.24. The summed E-state index contributed by atoms with van der Waals surface area (Å²) >= 11 is 0. The molecule has 18 heavy (non-hydrogen) atoms. The number of rotatable bonds is 9. The highest BCUT2D eigenvalue weighted by molar-refractivity contribution is 5.77. The molecule has 5 nitrogen and oxygen atoms in total. The summed E-state index contributed by atoms with van der Waals surface area (Å²) in [5.74, 6) is -1.44. The third-order valence-electron chi connectivity index (χ3n) is 3.24. The van der Waals surface area contributed by atoms with Crippen molar-refractivity contribution >= 4 is 11.9 Å². The fourth-order valence-corrected chi connectivity index (χ4v) is 1.70. The summed E-state index contributed by atoms with van der Waals surface area (Å²) in [5.41, 5.74) is 5.56. The summed E-state index contributed by atoms with van der Waals surface area (Å²) in [5, 5.41) is 11.5. The van der Waals surface area contributed by atoms with Crippen molar-refractivity contribution in [1.82, 2.24) is 5.32 Å². The quantitative estimate of drug-likeness (QED) is 0.582. The molecule has 0 aliphatic carbocycles. The molecule has 4 N–H and O–H groups in total. The second-order valence-corrected chi connectivity index (χ2v) is 5.45. The van der Waals surface area contributed by atoms with Crippen LogP contribution in [0, 0.1) is 11.3 Å². The molecule has 0 saturated heterocycles. The summed E-state index contributed by atoms with van der Waals surface area (Å²) in [4.78, 5) is 22.4. The molecule has 1 atom stereocenters. The summed E-state index contributed by atoms with van der Waals surface area (Å²) < 4.78 is 0. The molecule has 106 valence electrons. The fourth-order valence-electron chi connectivity index (χ4n) is 1.70. The van der Waals surface area contributed by atoms with Crippen LogP contribution in [-0.2, 0) is 9.59 Å². The number of hydrogen-bond donors (Lipinski definition) is 3. The van der Waals surface area contributed by atoms with Crippen LogP contribution in [0.4, 0.5) is 0 Å². The molecule has 0 aliphatic heterocycles. The second kappa shape index (κ2) is 8.08. The first kappa shape index (κ1) is 16.9. The number of carbonyl (C=O) groups excluding carboxylic acids is 1. The third kappa shape index (κ3) is 7.27. The summed E-state index contributed by atoms with van der Waals surface area (Å²) in [6.07, 6.45) is 2.59. The van der Waals surface area contributed by atoms with Crippen molar-refractivity contribution in [3.63, 3.8) is 0 Å². The van der Waals surface area contributed by atoms with Crippen molar-refractivity contribution in [2.45, 2.75) is 46.5 Å². The molecule has 0 aromatic carbocycles. The number of nitrogens with two attached hydrogens (primary N) is 1. The van der Waals surface area contributed by atoms with Gasteiger partial charge in [-0.05, 0) is 31.2 Å². The van der Waals surface area contributed by atoms with Crippen molar-refractivity contribution in [1.29, 1.82) is 0 Å². The first-order valence-corrected chi connectivity index (χ1v) is 6.52. The van der Waals surface area contributed by atoms with E-state index in [0.29, 0.717) is 19.4 Å². The van der Waals surface area contributed by atoms with E-state index < -0.39 is 11.9 Å². The fraction of sp³-hybridized carbons (Fsp3) is 0.846. The first-order valence-electron chi connectivity index (χ1n) is 6.52. The van der Waals surface area contributed by atoms with Crippen LogP contribution in [0.2, 0.25) is 0 Å². The molecule has 0 rings (SSSR count). The number of amides is 1. The number of carboxylic acid groups (broad SMARTS) is 1. The van der Waals surface area contributed by atoms with Crippen LogP contribution in [0.15, 0.2) is 0 Å². The topological polar surface area (TPSA) is 92.4 Å². The smallest absolute Gasteiger partial charge is 0.308 e. The normalized spacial score (nSPS) is 13.1. The van der Waals surface area contributed by atoms with E-state index in [0.717, 1.165) is 12.8 Å². The summed E-state index contributed by atoms with van der Waals surface area (Å²) in [7, 11) is 0. The van der Waals surface area contributed by atoms with Crippen molar-refractivity contribution in [3.05, 3.63) is 0 Å². The van der Waals surface area contributed by atoms with Crippen molar-refractivity contribution in [2.75, 3.05) is 13.1 Å². The minimum atomic E-state index is -0.860. The van der Waals surface area contributed by atoms with E-state index in [4.69, 9.17) is 10.8 Å². The van der Waals surface area contributed by atoms with Gasteiger partial charge in [0.1, 0.15) is 0 Å². The van der Waals surface area contributed by atoms with Crippen LogP contribution in [0.1, 0.15) is 46.5 Å². The van der Waals surface area contributed by atoms with Gasteiger partial charge >= 0.3 is 5.97 Å². The average Bonchev–Trinajstić information content (AvgIpc) is 2.27. The van der Waals surface area contributed by atoms with Gasteiger partial charge in [0.05, 0.1) is 5.92 Å². The van der Waals surface area contributed by atoms with Gasteiger partial charge in [-0.1, -0.05) is 20.8 Å². The molecule has 0 saturated carbocycles. The predicted molar refractivity (Wildman–Crippen MR) is 71.1 cm³/mol. The number of nitrogens with one attached hydrogen (secondary N) is 1. The van der Waals surface area contributed by atoms with E-state index in [1.807, 2.05) is 0 Å². The Bertz CT molecular complexity index is 277. The molecule has 0 aromatic heterocycles. The van der Waals surface area contributed by atoms with Crippen LogP contribution in [0.25, 0.3) is 0 Å². The maximum Gasteiger partial charge on any atom is 0.308 e. The van der Waals surface area contributed by atoms with Gasteiger partial charge in [0.15, 0.2) is 0 Å². The summed E-state index contributed by atoms with van der Waals surface area (Å²) in [6, 6.07) is 0. The first-order chi connectivity index (χ1) is 8.32. The van der Waals surface area contributed by atoms with E-state index in [2.05, 4.69) is 19.2 Å². The number of carbonyl (C=O) groups is 2. The van der Waals surface area contributed by atoms with Crippen LogP contribution in [0.3, 0.4) is 0 Å². The van der Waals surface area contributed by atoms with Gasteiger partial charge in [-0.2, -0.15) is 0 Å². The van der Waals surface area contributed by atoms with Crippen LogP contribution < -0.4 is 11.1 Å². The average molecular weight is 258 g/mol. The molecule has 1 unspecified atom stereocenters. The molecule has 0 bridgehead atoms. The maximum absolute atomic E-state index is 11.6. The van der Waals surface area contributed by atoms with Gasteiger partial charge in [-0.3, -0.25) is 9.59 Å². The Morgan fingerprint density at radius 3 is 2.39 bits per heavy atom. The zero-order valence-electron chi connectivity index (χ0n) is 11.7. The van der Waals surface area contributed by atoms with E-state index in [-0.39, 0.29) is 17.9 Å². The molecule has 0 radical (unpaired) electrons. The maximum atomic E-state index is 11.6. The molecular formula is C13H26N2O3. The van der Waals surface area contributed by atoms with Gasteiger partial charge in [0, 0.05) is 13.0 Å². The lowest BCUT2D eigenvalue weighted by Gasteiger charge is -2.23. The highest BCUT2D eigenvalue weighted by Crippen LogP contribution is 2.25. The zero-order valence-corrected chi connectivity index (χ0v) is 11.7. The van der Waals surface area contributed by atoms with Gasteiger partial charge in [0.25, 0.3) is 0 Å². The molecule has 0 aromatic rings. The zero-order chi connectivity index (χ0) is 14.2. The van der Waals surface area contributed by atoms with Gasteiger partial charge in [0.2, 0.25) is 5.91 Å². The monoisotopic (exact) mass is 258 g/mol. The van der Waals surface area contributed by atoms with E-state index in [9.17, 15) is 9.59 Å². The van der Waals surface area contributed by atoms with E-state index in [1.165, 1.54) is 0 Å². The Morgan fingerprint density at radius 1 is 1.33 bits per heavy atom. The van der Waals surface area contributed by atoms with Crippen molar-refractivity contribution in [3.8, 4) is 0 Å². The molecule has 0 aliphatic rings. The highest BCUT2D eigenvalue weighted by Gasteiger charge is 2.19. The van der Waals surface area contributed by atoms with Crippen molar-refractivity contribution < 1.29 is 14.7 Å². The lowest BCUT2D eigenvalue weighted by Crippen LogP contribution is -2.33. The largest absolute Gasteiger partial charge is 0.481 e. The Morgan fingerprint density at radius 2 is 1.94 bits per heavy atom. The minimum Gasteiger partial charge on any atom is -0.481 e. The number of aliphatic carboxylic acids is 1.